The molecule has 1 atom stereocenters. The van der Waals surface area contributed by atoms with Crippen LogP contribution in [0.25, 0.3) is 0 Å². The van der Waals surface area contributed by atoms with Crippen molar-refractivity contribution in [1.82, 2.24) is 0 Å². The smallest absolute Gasteiger partial charge is 0.384 e. The van der Waals surface area contributed by atoms with Gasteiger partial charge in [-0.2, -0.15) is 0 Å². The molecule has 1 rings (SSSR count). The van der Waals surface area contributed by atoms with Crippen molar-refractivity contribution in [3.05, 3.63) is 11.6 Å². The molecule has 0 aromatic carbocycles. The zero-order valence-corrected chi connectivity index (χ0v) is 17.4. The molecule has 0 aromatic rings. The minimum Gasteiger partial charge on any atom is -0.459 e. The topological polar surface area (TPSA) is 54.0 Å². The van der Waals surface area contributed by atoms with Gasteiger partial charge in [0.05, 0.1) is 20.3 Å². The van der Waals surface area contributed by atoms with Crippen LogP contribution in [0, 0.1) is 11.8 Å². The van der Waals surface area contributed by atoms with Crippen molar-refractivity contribution in [3.8, 4) is 11.8 Å². The molecular weight excluding hydrogens is 336 g/mol. The predicted octanol–water partition coefficient (Wildman–Crippen LogP) is 3.65. The zero-order chi connectivity index (χ0) is 18.9. The highest BCUT2D eigenvalue weighted by Gasteiger charge is 2.37. The van der Waals surface area contributed by atoms with Crippen molar-refractivity contribution >= 4 is 14.3 Å². The monoisotopic (exact) mass is 368 g/mol. The van der Waals surface area contributed by atoms with Gasteiger partial charge in [0.15, 0.2) is 14.6 Å². The molecule has 25 heavy (non-hydrogen) atoms. The van der Waals surface area contributed by atoms with Gasteiger partial charge < -0.3 is 18.6 Å². The van der Waals surface area contributed by atoms with E-state index in [0.29, 0.717) is 13.2 Å². The molecule has 6 heteroatoms. The lowest BCUT2D eigenvalue weighted by molar-refractivity contribution is -0.155. The van der Waals surface area contributed by atoms with Crippen molar-refractivity contribution in [3.63, 3.8) is 0 Å². The third-order valence-electron chi connectivity index (χ3n) is 4.65. The fourth-order valence-corrected chi connectivity index (χ4v) is 2.85. The number of hydrogen-bond acceptors (Lipinski definition) is 5. The Labute approximate surface area is 153 Å². The molecule has 142 valence electrons. The molecule has 0 radical (unpaired) electrons. The maximum Gasteiger partial charge on any atom is 0.384 e. The highest BCUT2D eigenvalue weighted by molar-refractivity contribution is 6.74. The Morgan fingerprint density at radius 2 is 2.00 bits per heavy atom. The minimum absolute atomic E-state index is 0.111. The first-order valence-corrected chi connectivity index (χ1v) is 11.7. The molecule has 0 aromatic heterocycles. The van der Waals surface area contributed by atoms with Crippen LogP contribution < -0.4 is 0 Å². The summed E-state index contributed by atoms with van der Waals surface area (Å²) in [6.45, 7) is 12.4. The van der Waals surface area contributed by atoms with Gasteiger partial charge in [0.2, 0.25) is 0 Å². The second kappa shape index (κ2) is 10.1. The van der Waals surface area contributed by atoms with Crippen LogP contribution in [0.2, 0.25) is 18.1 Å². The van der Waals surface area contributed by atoms with Crippen LogP contribution in [-0.4, -0.2) is 47.5 Å². The summed E-state index contributed by atoms with van der Waals surface area (Å²) in [6, 6.07) is 0. The number of esters is 1. The van der Waals surface area contributed by atoms with E-state index in [9.17, 15) is 4.79 Å². The lowest BCUT2D eigenvalue weighted by Gasteiger charge is -2.36. The number of methoxy groups -OCH3 is 1. The Bertz CT molecular complexity index is 516. The second-order valence-corrected chi connectivity index (χ2v) is 12.5. The third-order valence-corrected chi connectivity index (χ3v) is 9.13. The molecule has 1 aliphatic heterocycles. The highest BCUT2D eigenvalue weighted by Crippen LogP contribution is 2.36. The molecule has 1 unspecified atom stereocenters. The Hall–Kier alpha value is -1.13. The van der Waals surface area contributed by atoms with Crippen molar-refractivity contribution in [2.24, 2.45) is 0 Å². The van der Waals surface area contributed by atoms with Gasteiger partial charge in [0.1, 0.15) is 0 Å². The normalized spacial score (nSPS) is 19.1. The van der Waals surface area contributed by atoms with E-state index >= 15 is 0 Å². The van der Waals surface area contributed by atoms with Crippen molar-refractivity contribution in [2.45, 2.75) is 64.5 Å². The quantitative estimate of drug-likeness (QED) is 0.310. The summed E-state index contributed by atoms with van der Waals surface area (Å²) in [5.74, 6) is 4.75. The van der Waals surface area contributed by atoms with E-state index in [1.54, 1.807) is 0 Å². The van der Waals surface area contributed by atoms with E-state index in [1.807, 2.05) is 6.08 Å². The van der Waals surface area contributed by atoms with Crippen molar-refractivity contribution in [1.29, 1.82) is 0 Å². The Kier molecular flexibility index (Phi) is 8.87. The Morgan fingerprint density at radius 1 is 1.28 bits per heavy atom. The number of carbonyl (C=O) groups is 1. The average molecular weight is 369 g/mol. The molecule has 0 aliphatic carbocycles. The largest absolute Gasteiger partial charge is 0.459 e. The first-order chi connectivity index (χ1) is 11.7. The maximum absolute atomic E-state index is 11.3. The van der Waals surface area contributed by atoms with Gasteiger partial charge in [-0.25, -0.2) is 4.79 Å². The van der Waals surface area contributed by atoms with Gasteiger partial charge in [-0.3, -0.25) is 0 Å². The van der Waals surface area contributed by atoms with E-state index in [4.69, 9.17) is 13.9 Å². The number of ether oxygens (including phenoxy) is 3. The van der Waals surface area contributed by atoms with Gasteiger partial charge in [-0.05, 0) is 43.5 Å². The predicted molar refractivity (Wildman–Crippen MR) is 101 cm³/mol. The summed E-state index contributed by atoms with van der Waals surface area (Å²) in [6.07, 6.45) is 4.84. The standard InChI is InChI=1S/C19H32O5Si/c1-19(2,3)25(5,6)24-15-16(10-11-17(20)21-4)12-14-23-18-9-7-8-13-22-18/h12,18H,7-9,13-15H2,1-6H3/b16-12+. The van der Waals surface area contributed by atoms with E-state index in [1.165, 1.54) is 7.11 Å². The molecule has 0 bridgehead atoms. The minimum atomic E-state index is -1.89. The summed E-state index contributed by atoms with van der Waals surface area (Å²) >= 11 is 0. The molecule has 0 saturated carbocycles. The first-order valence-electron chi connectivity index (χ1n) is 8.82. The molecule has 1 saturated heterocycles. The van der Waals surface area contributed by atoms with Crippen LogP contribution in [0.5, 0.6) is 0 Å². The molecule has 1 heterocycles. The van der Waals surface area contributed by atoms with Crippen molar-refractivity contribution in [2.75, 3.05) is 26.9 Å². The van der Waals surface area contributed by atoms with Crippen LogP contribution in [0.1, 0.15) is 40.0 Å². The fourth-order valence-electron chi connectivity index (χ4n) is 1.90. The number of hydrogen-bond donors (Lipinski definition) is 0. The van der Waals surface area contributed by atoms with Gasteiger partial charge in [0.25, 0.3) is 0 Å². The average Bonchev–Trinajstić information content (AvgIpc) is 2.56. The maximum atomic E-state index is 11.3. The number of rotatable bonds is 6. The lowest BCUT2D eigenvalue weighted by atomic mass is 10.2. The van der Waals surface area contributed by atoms with E-state index in [-0.39, 0.29) is 11.3 Å². The Balaban J connectivity index is 2.69. The number of carbonyl (C=O) groups excluding carboxylic acids is 1. The molecule has 1 aliphatic rings. The first kappa shape index (κ1) is 21.9. The summed E-state index contributed by atoms with van der Waals surface area (Å²) < 4.78 is 22.0. The summed E-state index contributed by atoms with van der Waals surface area (Å²) in [5.41, 5.74) is 0.728. The molecule has 5 nitrogen and oxygen atoms in total. The van der Waals surface area contributed by atoms with Gasteiger partial charge >= 0.3 is 5.97 Å². The van der Waals surface area contributed by atoms with Gasteiger partial charge in [-0.1, -0.05) is 26.7 Å². The van der Waals surface area contributed by atoms with Crippen LogP contribution in [0.3, 0.4) is 0 Å². The summed E-state index contributed by atoms with van der Waals surface area (Å²) in [5, 5.41) is 0.111. The van der Waals surface area contributed by atoms with Crippen LogP contribution in [0.4, 0.5) is 0 Å². The van der Waals surface area contributed by atoms with Crippen LogP contribution in [0.15, 0.2) is 11.6 Å². The SMILES string of the molecule is COC(=O)C#C/C(=C\COC1CCCCO1)CO[Si](C)(C)C(C)(C)C. The van der Waals surface area contributed by atoms with Crippen LogP contribution in [-0.2, 0) is 23.4 Å². The molecule has 0 N–H and O–H groups in total. The zero-order valence-electron chi connectivity index (χ0n) is 16.4. The van der Waals surface area contributed by atoms with Crippen molar-refractivity contribution < 1.29 is 23.4 Å². The molecule has 0 amide bonds. The third kappa shape index (κ3) is 8.19. The Morgan fingerprint density at radius 3 is 2.56 bits per heavy atom. The van der Waals surface area contributed by atoms with Gasteiger partial charge in [0, 0.05) is 18.1 Å². The fraction of sp³-hybridized carbons (Fsp3) is 0.737. The molecular formula is C19H32O5Si. The van der Waals surface area contributed by atoms with Crippen LogP contribution >= 0.6 is 0 Å². The van der Waals surface area contributed by atoms with E-state index in [2.05, 4.69) is 50.4 Å². The molecule has 1 fully saturated rings. The molecule has 0 spiro atoms. The summed E-state index contributed by atoms with van der Waals surface area (Å²) in [4.78, 5) is 11.3. The second-order valence-electron chi connectivity index (χ2n) is 7.65. The highest BCUT2D eigenvalue weighted by atomic mass is 28.4. The van der Waals surface area contributed by atoms with Gasteiger partial charge in [-0.15, -0.1) is 0 Å². The summed E-state index contributed by atoms with van der Waals surface area (Å²) in [7, 11) is -0.578. The lowest BCUT2D eigenvalue weighted by Crippen LogP contribution is -2.41. The van der Waals surface area contributed by atoms with E-state index < -0.39 is 14.3 Å². The van der Waals surface area contributed by atoms with E-state index in [0.717, 1.165) is 31.4 Å².